The van der Waals surface area contributed by atoms with Gasteiger partial charge in [-0.2, -0.15) is 0 Å². The van der Waals surface area contributed by atoms with Gasteiger partial charge in [0, 0.05) is 12.0 Å². The summed E-state index contributed by atoms with van der Waals surface area (Å²) in [5.41, 5.74) is 3.27. The van der Waals surface area contributed by atoms with E-state index in [9.17, 15) is 0 Å². The number of benzene rings is 1. The fourth-order valence-electron chi connectivity index (χ4n) is 3.71. The van der Waals surface area contributed by atoms with E-state index in [-0.39, 0.29) is 6.10 Å². The molecule has 1 N–H and O–H groups in total. The summed E-state index contributed by atoms with van der Waals surface area (Å²) < 4.78 is 7.63. The smallest absolute Gasteiger partial charge is 0.182 e. The van der Waals surface area contributed by atoms with Gasteiger partial charge in [-0.15, -0.1) is 16.4 Å². The Hall–Kier alpha value is -2.51. The topological polar surface area (TPSA) is 56.8 Å². The highest BCUT2D eigenvalue weighted by atomic mass is 32.1. The van der Waals surface area contributed by atoms with Gasteiger partial charge >= 0.3 is 0 Å². The Labute approximate surface area is 161 Å². The molecule has 1 aromatic carbocycles. The van der Waals surface area contributed by atoms with Crippen molar-refractivity contribution in [3.8, 4) is 17.1 Å². The zero-order chi connectivity index (χ0) is 18.5. The molecule has 6 nitrogen and oxygen atoms in total. The van der Waals surface area contributed by atoms with Crippen LogP contribution in [0.1, 0.15) is 24.3 Å². The normalized spacial score (nSPS) is 17.0. The van der Waals surface area contributed by atoms with E-state index in [2.05, 4.69) is 17.1 Å². The number of hydrogen-bond donors (Lipinski definition) is 1. The molecule has 0 radical (unpaired) electrons. The van der Waals surface area contributed by atoms with Crippen LogP contribution in [0.3, 0.4) is 0 Å². The Kier molecular flexibility index (Phi) is 3.87. The summed E-state index contributed by atoms with van der Waals surface area (Å²) in [6, 6.07) is 7.97. The van der Waals surface area contributed by atoms with Gasteiger partial charge in [0.15, 0.2) is 11.5 Å². The Bertz CT molecular complexity index is 1150. The van der Waals surface area contributed by atoms with Gasteiger partial charge in [0.25, 0.3) is 0 Å². The van der Waals surface area contributed by atoms with Crippen molar-refractivity contribution < 1.29 is 9.64 Å². The highest BCUT2D eigenvalue weighted by Crippen LogP contribution is 2.34. The minimum Gasteiger partial charge on any atom is -0.491 e. The Morgan fingerprint density at radius 2 is 2.19 bits per heavy atom. The van der Waals surface area contributed by atoms with E-state index in [0.717, 1.165) is 41.3 Å². The van der Waals surface area contributed by atoms with Crippen LogP contribution in [0.25, 0.3) is 27.3 Å². The average Bonchev–Trinajstić information content (AvgIpc) is 3.21. The van der Waals surface area contributed by atoms with Crippen molar-refractivity contribution in [1.82, 2.24) is 19.6 Å². The molecular weight excluding hydrogens is 358 g/mol. The molecule has 5 rings (SSSR count). The van der Waals surface area contributed by atoms with Crippen LogP contribution in [-0.2, 0) is 13.0 Å². The summed E-state index contributed by atoms with van der Waals surface area (Å²) in [6.07, 6.45) is 2.99. The van der Waals surface area contributed by atoms with E-state index >= 15 is 0 Å². The van der Waals surface area contributed by atoms with Crippen molar-refractivity contribution in [2.45, 2.75) is 32.9 Å². The second-order valence-corrected chi connectivity index (χ2v) is 8.54. The third-order valence-electron chi connectivity index (χ3n) is 4.94. The first-order chi connectivity index (χ1) is 13.1. The maximum absolute atomic E-state index is 5.82. The van der Waals surface area contributed by atoms with Crippen LogP contribution in [0.2, 0.25) is 0 Å². The van der Waals surface area contributed by atoms with Gasteiger partial charge < -0.3 is 9.64 Å². The zero-order valence-electron chi connectivity index (χ0n) is 15.7. The minimum atomic E-state index is 0.135. The molecule has 0 saturated heterocycles. The fourth-order valence-corrected chi connectivity index (χ4v) is 5.01. The molecule has 0 amide bonds. The lowest BCUT2D eigenvalue weighted by Crippen LogP contribution is -3.08. The zero-order valence-corrected chi connectivity index (χ0v) is 16.5. The molecule has 1 aliphatic heterocycles. The van der Waals surface area contributed by atoms with Gasteiger partial charge in [-0.25, -0.2) is 14.5 Å². The molecule has 0 aliphatic carbocycles. The first-order valence-corrected chi connectivity index (χ1v) is 10.1. The second kappa shape index (κ2) is 6.28. The quantitative estimate of drug-likeness (QED) is 0.593. The number of aromatic nitrogens is 4. The second-order valence-electron chi connectivity index (χ2n) is 7.46. The molecule has 7 heteroatoms. The molecule has 1 unspecified atom stereocenters. The number of likely N-dealkylation sites (N-methyl/N-ethyl adjacent to an activating group) is 1. The maximum atomic E-state index is 5.82. The monoisotopic (exact) mass is 380 g/mol. The molecule has 0 saturated carbocycles. The number of quaternary nitrogens is 1. The van der Waals surface area contributed by atoms with E-state index < -0.39 is 0 Å². The first kappa shape index (κ1) is 16.6. The van der Waals surface area contributed by atoms with Gasteiger partial charge in [-0.05, 0) is 31.5 Å². The fraction of sp³-hybridized carbons (Fsp3) is 0.350. The molecule has 4 heterocycles. The lowest BCUT2D eigenvalue weighted by molar-refractivity contribution is -0.895. The predicted molar refractivity (Wildman–Crippen MR) is 107 cm³/mol. The Morgan fingerprint density at radius 1 is 1.30 bits per heavy atom. The largest absolute Gasteiger partial charge is 0.491 e. The number of hydrogen-bond acceptors (Lipinski definition) is 5. The van der Waals surface area contributed by atoms with Gasteiger partial charge in [0.2, 0.25) is 0 Å². The van der Waals surface area contributed by atoms with Crippen molar-refractivity contribution in [3.05, 3.63) is 41.0 Å². The third kappa shape index (κ3) is 2.87. The van der Waals surface area contributed by atoms with Crippen molar-refractivity contribution in [2.75, 3.05) is 13.6 Å². The molecular formula is C20H22N5OS+. The lowest BCUT2D eigenvalue weighted by Gasteiger charge is -2.19. The summed E-state index contributed by atoms with van der Waals surface area (Å²) in [5, 5.41) is 5.86. The molecule has 0 fully saturated rings. The van der Waals surface area contributed by atoms with Crippen molar-refractivity contribution in [3.63, 3.8) is 0 Å². The molecule has 1 atom stereocenters. The van der Waals surface area contributed by atoms with Crippen molar-refractivity contribution in [1.29, 1.82) is 0 Å². The number of thiophene rings is 1. The molecule has 138 valence electrons. The summed E-state index contributed by atoms with van der Waals surface area (Å²) >= 11 is 1.80. The average molecular weight is 380 g/mol. The first-order valence-electron chi connectivity index (χ1n) is 9.32. The minimum absolute atomic E-state index is 0.135. The summed E-state index contributed by atoms with van der Waals surface area (Å²) in [6.45, 7) is 6.27. The lowest BCUT2D eigenvalue weighted by atomic mass is 10.1. The predicted octanol–water partition coefficient (Wildman–Crippen LogP) is 2.36. The van der Waals surface area contributed by atoms with Crippen molar-refractivity contribution >= 4 is 27.2 Å². The van der Waals surface area contributed by atoms with Gasteiger partial charge in [-0.1, -0.05) is 12.1 Å². The number of nitrogens with zero attached hydrogens (tertiary/aromatic N) is 4. The van der Waals surface area contributed by atoms with Crippen LogP contribution >= 0.6 is 11.3 Å². The molecule has 0 spiro atoms. The summed E-state index contributed by atoms with van der Waals surface area (Å²) in [4.78, 5) is 13.6. The van der Waals surface area contributed by atoms with Gasteiger partial charge in [-0.3, -0.25) is 0 Å². The summed E-state index contributed by atoms with van der Waals surface area (Å²) in [7, 11) is 2.25. The molecule has 3 aromatic heterocycles. The van der Waals surface area contributed by atoms with E-state index in [4.69, 9.17) is 9.72 Å². The third-order valence-corrected chi connectivity index (χ3v) is 6.08. The van der Waals surface area contributed by atoms with Crippen LogP contribution in [0.5, 0.6) is 5.75 Å². The van der Waals surface area contributed by atoms with Crippen molar-refractivity contribution in [2.24, 2.45) is 0 Å². The van der Waals surface area contributed by atoms with Crippen LogP contribution in [0, 0.1) is 0 Å². The number of fused-ring (bicyclic) bond motifs is 5. The van der Waals surface area contributed by atoms with E-state index in [0.29, 0.717) is 5.82 Å². The maximum Gasteiger partial charge on any atom is 0.182 e. The number of ether oxygens (including phenoxy) is 1. The number of rotatable bonds is 3. The van der Waals surface area contributed by atoms with Crippen LogP contribution < -0.4 is 9.64 Å². The van der Waals surface area contributed by atoms with E-state index in [1.165, 1.54) is 15.8 Å². The number of nitrogens with one attached hydrogen (secondary N) is 1. The van der Waals surface area contributed by atoms with Gasteiger partial charge in [0.05, 0.1) is 30.0 Å². The highest BCUT2D eigenvalue weighted by Gasteiger charge is 2.24. The Balaban J connectivity index is 1.65. The van der Waals surface area contributed by atoms with Crippen LogP contribution in [0.4, 0.5) is 0 Å². The molecule has 0 bridgehead atoms. The van der Waals surface area contributed by atoms with Crippen LogP contribution in [0.15, 0.2) is 30.6 Å². The van der Waals surface area contributed by atoms with E-state index in [1.807, 2.05) is 42.6 Å². The standard InChI is InChI=1S/C20H21N5OS/c1-12(2)26-14-6-4-5-13(9-14)18-22-19-17-15-7-8-24(3)10-16(15)27-20(17)21-11-25(19)23-18/h4-6,9,11-12H,7-8,10H2,1-3H3/p+1. The Morgan fingerprint density at radius 3 is 3.04 bits per heavy atom. The molecule has 4 aromatic rings. The molecule has 27 heavy (non-hydrogen) atoms. The SMILES string of the molecule is CC(C)Oc1cccc(-c2nc3c4c5c(sc4ncn3n2)C[NH+](C)CC5)c1. The summed E-state index contributed by atoms with van der Waals surface area (Å²) in [5.74, 6) is 1.54. The highest BCUT2D eigenvalue weighted by molar-refractivity contribution is 7.19. The van der Waals surface area contributed by atoms with Crippen LogP contribution in [-0.4, -0.2) is 39.3 Å². The molecule has 1 aliphatic rings. The van der Waals surface area contributed by atoms with E-state index in [1.54, 1.807) is 22.6 Å². The van der Waals surface area contributed by atoms with Gasteiger partial charge in [0.1, 0.15) is 23.5 Å².